The van der Waals surface area contributed by atoms with E-state index in [1.807, 2.05) is 44.2 Å². The third-order valence-corrected chi connectivity index (χ3v) is 4.32. The molecule has 2 N–H and O–H groups in total. The van der Waals surface area contributed by atoms with Gasteiger partial charge in [-0.05, 0) is 12.5 Å². The van der Waals surface area contributed by atoms with Gasteiger partial charge in [0.2, 0.25) is 0 Å². The van der Waals surface area contributed by atoms with Crippen molar-refractivity contribution < 1.29 is 4.79 Å². The number of halogens is 1. The van der Waals surface area contributed by atoms with Crippen LogP contribution in [-0.2, 0) is 18.3 Å². The Morgan fingerprint density at radius 2 is 2.00 bits per heavy atom. The number of nitrogens with zero attached hydrogens (tertiary/aromatic N) is 2. The van der Waals surface area contributed by atoms with Gasteiger partial charge in [-0.1, -0.05) is 48.9 Å². The molecule has 0 saturated heterocycles. The van der Waals surface area contributed by atoms with Crippen LogP contribution in [0.5, 0.6) is 0 Å². The van der Waals surface area contributed by atoms with E-state index in [2.05, 4.69) is 5.10 Å². The van der Waals surface area contributed by atoms with E-state index < -0.39 is 0 Å². The third-order valence-electron chi connectivity index (χ3n) is 3.85. The maximum atomic E-state index is 12.5. The average molecular weight is 306 g/mol. The molecule has 112 valence electrons. The quantitative estimate of drug-likeness (QED) is 0.924. The minimum absolute atomic E-state index is 0.0735. The lowest BCUT2D eigenvalue weighted by atomic mass is 9.89. The van der Waals surface area contributed by atoms with Crippen molar-refractivity contribution in [1.82, 2.24) is 9.78 Å². The van der Waals surface area contributed by atoms with Gasteiger partial charge < -0.3 is 5.73 Å². The molecule has 0 fully saturated rings. The van der Waals surface area contributed by atoms with Crippen molar-refractivity contribution in [3.63, 3.8) is 0 Å². The fourth-order valence-corrected chi connectivity index (χ4v) is 2.62. The number of carbonyl (C=O) groups is 1. The second-order valence-corrected chi connectivity index (χ2v) is 5.70. The van der Waals surface area contributed by atoms with Gasteiger partial charge in [0.15, 0.2) is 0 Å². The molecule has 1 heterocycles. The van der Waals surface area contributed by atoms with E-state index in [1.54, 1.807) is 11.7 Å². The highest BCUT2D eigenvalue weighted by Crippen LogP contribution is 2.24. The number of Topliss-reactive ketones (excluding diaryl/α,β-unsaturated/α-hetero) is 1. The predicted molar refractivity (Wildman–Crippen MR) is 84.2 cm³/mol. The number of hydrogen-bond acceptors (Lipinski definition) is 3. The first-order valence-corrected chi connectivity index (χ1v) is 7.30. The Kier molecular flexibility index (Phi) is 4.80. The number of ketones is 1. The Morgan fingerprint density at radius 3 is 2.52 bits per heavy atom. The lowest BCUT2D eigenvalue weighted by molar-refractivity contribution is -0.122. The van der Waals surface area contributed by atoms with E-state index in [4.69, 9.17) is 17.3 Å². The first-order chi connectivity index (χ1) is 9.91. The van der Waals surface area contributed by atoms with Crippen molar-refractivity contribution in [3.05, 3.63) is 52.3 Å². The van der Waals surface area contributed by atoms with Crippen LogP contribution in [0.1, 0.15) is 29.8 Å². The van der Waals surface area contributed by atoms with Gasteiger partial charge in [-0.3, -0.25) is 9.48 Å². The molecule has 0 spiro atoms. The van der Waals surface area contributed by atoms with E-state index in [-0.39, 0.29) is 24.2 Å². The van der Waals surface area contributed by atoms with Gasteiger partial charge in [0, 0.05) is 31.0 Å². The zero-order chi connectivity index (χ0) is 15.6. The Balaban J connectivity index is 2.13. The van der Waals surface area contributed by atoms with E-state index in [9.17, 15) is 4.79 Å². The zero-order valence-electron chi connectivity index (χ0n) is 12.5. The molecule has 21 heavy (non-hydrogen) atoms. The van der Waals surface area contributed by atoms with Gasteiger partial charge in [0.05, 0.1) is 5.69 Å². The second kappa shape index (κ2) is 6.41. The summed E-state index contributed by atoms with van der Waals surface area (Å²) in [6, 6.07) is 9.35. The molecule has 0 aliphatic heterocycles. The SMILES string of the molecule is Cc1nn(C)c(Cl)c1CC(=O)C(C)C(N)c1ccccc1. The van der Waals surface area contributed by atoms with Crippen LogP contribution in [0.4, 0.5) is 0 Å². The van der Waals surface area contributed by atoms with Gasteiger partial charge in [-0.15, -0.1) is 0 Å². The Morgan fingerprint density at radius 1 is 1.38 bits per heavy atom. The van der Waals surface area contributed by atoms with Crippen LogP contribution >= 0.6 is 11.6 Å². The van der Waals surface area contributed by atoms with Crippen molar-refractivity contribution in [2.45, 2.75) is 26.3 Å². The minimum Gasteiger partial charge on any atom is -0.323 e. The number of nitrogens with two attached hydrogens (primary N) is 1. The fraction of sp³-hybridized carbons (Fsp3) is 0.375. The first kappa shape index (κ1) is 15.7. The maximum absolute atomic E-state index is 12.5. The highest BCUT2D eigenvalue weighted by atomic mass is 35.5. The largest absolute Gasteiger partial charge is 0.323 e. The topological polar surface area (TPSA) is 60.9 Å². The molecular formula is C16H20ClN3O. The molecule has 0 amide bonds. The van der Waals surface area contributed by atoms with Gasteiger partial charge in [0.25, 0.3) is 0 Å². The minimum atomic E-state index is -0.311. The Labute approximate surface area is 129 Å². The molecule has 0 aliphatic carbocycles. The van der Waals surface area contributed by atoms with Crippen LogP contribution in [0.25, 0.3) is 0 Å². The molecule has 2 unspecified atom stereocenters. The summed E-state index contributed by atoms with van der Waals surface area (Å²) in [7, 11) is 1.77. The van der Waals surface area contributed by atoms with Crippen molar-refractivity contribution in [2.75, 3.05) is 0 Å². The molecule has 0 bridgehead atoms. The molecule has 2 atom stereocenters. The lowest BCUT2D eigenvalue weighted by Crippen LogP contribution is -2.27. The summed E-state index contributed by atoms with van der Waals surface area (Å²) in [6.45, 7) is 3.72. The molecule has 1 aromatic carbocycles. The summed E-state index contributed by atoms with van der Waals surface area (Å²) in [5.74, 6) is -0.201. The molecule has 2 rings (SSSR count). The number of aromatic nitrogens is 2. The van der Waals surface area contributed by atoms with Crippen molar-refractivity contribution in [2.24, 2.45) is 18.7 Å². The number of benzene rings is 1. The van der Waals surface area contributed by atoms with Gasteiger partial charge >= 0.3 is 0 Å². The molecule has 0 radical (unpaired) electrons. The molecule has 2 aromatic rings. The number of aryl methyl sites for hydroxylation is 2. The molecular weight excluding hydrogens is 286 g/mol. The zero-order valence-corrected chi connectivity index (χ0v) is 13.3. The average Bonchev–Trinajstić information content (AvgIpc) is 2.73. The standard InChI is InChI=1S/C16H20ClN3O/c1-10(15(18)12-7-5-4-6-8-12)14(21)9-13-11(2)19-20(3)16(13)17/h4-8,10,15H,9,18H2,1-3H3. The van der Waals surface area contributed by atoms with Gasteiger partial charge in [-0.25, -0.2) is 0 Å². The smallest absolute Gasteiger partial charge is 0.142 e. The summed E-state index contributed by atoms with van der Waals surface area (Å²) in [6.07, 6.45) is 0.264. The summed E-state index contributed by atoms with van der Waals surface area (Å²) in [5.41, 5.74) is 8.74. The van der Waals surface area contributed by atoms with E-state index in [0.717, 1.165) is 16.8 Å². The maximum Gasteiger partial charge on any atom is 0.142 e. The van der Waals surface area contributed by atoms with Crippen LogP contribution in [0.15, 0.2) is 30.3 Å². The number of carbonyl (C=O) groups excluding carboxylic acids is 1. The van der Waals surface area contributed by atoms with Crippen molar-refractivity contribution in [3.8, 4) is 0 Å². The van der Waals surface area contributed by atoms with Gasteiger partial charge in [0.1, 0.15) is 10.9 Å². The lowest BCUT2D eigenvalue weighted by Gasteiger charge is -2.19. The normalized spacial score (nSPS) is 14.0. The molecule has 0 saturated carbocycles. The van der Waals surface area contributed by atoms with Crippen molar-refractivity contribution in [1.29, 1.82) is 0 Å². The molecule has 4 nitrogen and oxygen atoms in total. The summed E-state index contributed by atoms with van der Waals surface area (Å²) in [4.78, 5) is 12.5. The second-order valence-electron chi connectivity index (χ2n) is 5.35. The van der Waals surface area contributed by atoms with Crippen LogP contribution in [0, 0.1) is 12.8 Å². The predicted octanol–water partition coefficient (Wildman–Crippen LogP) is 2.83. The monoisotopic (exact) mass is 305 g/mol. The summed E-state index contributed by atoms with van der Waals surface area (Å²) in [5, 5.41) is 4.74. The number of hydrogen-bond donors (Lipinski definition) is 1. The first-order valence-electron chi connectivity index (χ1n) is 6.93. The van der Waals surface area contributed by atoms with Crippen LogP contribution < -0.4 is 5.73 Å². The Hall–Kier alpha value is -1.65. The summed E-state index contributed by atoms with van der Waals surface area (Å²) < 4.78 is 1.58. The molecule has 5 heteroatoms. The van der Waals surface area contributed by atoms with Crippen LogP contribution in [-0.4, -0.2) is 15.6 Å². The summed E-state index contributed by atoms with van der Waals surface area (Å²) >= 11 is 6.18. The van der Waals surface area contributed by atoms with E-state index >= 15 is 0 Å². The van der Waals surface area contributed by atoms with Crippen LogP contribution in [0.3, 0.4) is 0 Å². The van der Waals surface area contributed by atoms with E-state index in [1.165, 1.54) is 0 Å². The molecule has 1 aromatic heterocycles. The van der Waals surface area contributed by atoms with Gasteiger partial charge in [-0.2, -0.15) is 5.10 Å². The van der Waals surface area contributed by atoms with Crippen LogP contribution in [0.2, 0.25) is 5.15 Å². The van der Waals surface area contributed by atoms with E-state index in [0.29, 0.717) is 5.15 Å². The highest BCUT2D eigenvalue weighted by molar-refractivity contribution is 6.30. The van der Waals surface area contributed by atoms with Crippen molar-refractivity contribution >= 4 is 17.4 Å². The Bertz CT molecular complexity index is 636. The third kappa shape index (κ3) is 3.34. The molecule has 0 aliphatic rings. The highest BCUT2D eigenvalue weighted by Gasteiger charge is 2.24. The fourth-order valence-electron chi connectivity index (χ4n) is 2.37. The number of rotatable bonds is 5.